The Bertz CT molecular complexity index is 965. The molecule has 0 bridgehead atoms. The number of para-hydroxylation sites is 2. The van der Waals surface area contributed by atoms with Crippen LogP contribution < -0.4 is 9.13 Å². The summed E-state index contributed by atoms with van der Waals surface area (Å²) in [7, 11) is 0. The van der Waals surface area contributed by atoms with Crippen LogP contribution in [0.5, 0.6) is 0 Å². The van der Waals surface area contributed by atoms with E-state index in [1.54, 1.807) is 0 Å². The maximum Gasteiger partial charge on any atom is 0.212 e. The zero-order chi connectivity index (χ0) is 18.2. The van der Waals surface area contributed by atoms with Crippen LogP contribution in [0.15, 0.2) is 85.2 Å². The molecule has 2 aromatic heterocycles. The molecule has 0 spiro atoms. The third-order valence-electron chi connectivity index (χ3n) is 4.67. The molecule has 0 N–H and O–H groups in total. The fourth-order valence-corrected chi connectivity index (χ4v) is 3.24. The first-order chi connectivity index (χ1) is 12.8. The van der Waals surface area contributed by atoms with Gasteiger partial charge in [0, 0.05) is 41.5 Å². The quantitative estimate of drug-likeness (QED) is 0.456. The van der Waals surface area contributed by atoms with Gasteiger partial charge in [0.1, 0.15) is 13.1 Å². The van der Waals surface area contributed by atoms with Crippen LogP contribution in [0.4, 0.5) is 0 Å². The van der Waals surface area contributed by atoms with Crippen molar-refractivity contribution in [3.63, 3.8) is 0 Å². The maximum atomic E-state index is 2.33. The molecule has 2 heteroatoms. The zero-order valence-corrected chi connectivity index (χ0v) is 15.8. The van der Waals surface area contributed by atoms with Crippen LogP contribution in [0.3, 0.4) is 0 Å². The fourth-order valence-electron chi connectivity index (χ4n) is 3.24. The second-order valence-corrected chi connectivity index (χ2v) is 6.47. The van der Waals surface area contributed by atoms with Crippen molar-refractivity contribution in [3.8, 4) is 0 Å². The smallest absolute Gasteiger partial charge is 0.199 e. The van der Waals surface area contributed by atoms with E-state index in [2.05, 4.69) is 108 Å². The lowest BCUT2D eigenvalue weighted by Gasteiger charge is -1.99. The lowest BCUT2D eigenvalue weighted by Crippen LogP contribution is -2.33. The summed E-state index contributed by atoms with van der Waals surface area (Å²) >= 11 is 0. The molecule has 0 aliphatic heterocycles. The number of fused-ring (bicyclic) bond motifs is 2. The third-order valence-corrected chi connectivity index (χ3v) is 4.67. The second kappa shape index (κ2) is 9.10. The van der Waals surface area contributed by atoms with Gasteiger partial charge in [-0.25, -0.2) is 0 Å². The Labute approximate surface area is 156 Å². The van der Waals surface area contributed by atoms with Gasteiger partial charge in [-0.05, 0) is 31.2 Å². The standard InChI is InChI=1S/C13H16N.C11H12N/c1-2-3-10-14-11-6-8-12-7-4-5-9-13(12)14;1-2-12-9-5-7-10-6-3-4-8-11(10)12/h4-9,11H,2-3,10H2,1H3;3-9H,2H2,1H3/q2*+1. The minimum atomic E-state index is 1.03. The zero-order valence-electron chi connectivity index (χ0n) is 15.8. The van der Waals surface area contributed by atoms with E-state index < -0.39 is 0 Å². The largest absolute Gasteiger partial charge is 0.212 e. The normalized spacial score (nSPS) is 10.5. The summed E-state index contributed by atoms with van der Waals surface area (Å²) in [5.41, 5.74) is 2.64. The number of benzene rings is 2. The molecule has 4 aromatic rings. The number of hydrogen-bond acceptors (Lipinski definition) is 0. The Morgan fingerprint density at radius 3 is 1.69 bits per heavy atom. The molecule has 0 saturated carbocycles. The van der Waals surface area contributed by atoms with Crippen LogP contribution in [0.1, 0.15) is 26.7 Å². The number of aromatic nitrogens is 2. The predicted molar refractivity (Wildman–Crippen MR) is 109 cm³/mol. The number of pyridine rings is 2. The molecule has 0 atom stereocenters. The number of aryl methyl sites for hydroxylation is 2. The van der Waals surface area contributed by atoms with Crippen molar-refractivity contribution >= 4 is 21.8 Å². The molecular formula is C24H28N2+2. The first-order valence-electron chi connectivity index (χ1n) is 9.58. The van der Waals surface area contributed by atoms with Crippen LogP contribution >= 0.6 is 0 Å². The highest BCUT2D eigenvalue weighted by atomic mass is 14.9. The predicted octanol–water partition coefficient (Wildman–Crippen LogP) is 5.07. The minimum Gasteiger partial charge on any atom is -0.199 e. The maximum absolute atomic E-state index is 2.33. The summed E-state index contributed by atoms with van der Waals surface area (Å²) < 4.78 is 4.58. The molecule has 132 valence electrons. The molecule has 4 rings (SSSR count). The minimum absolute atomic E-state index is 1.03. The number of nitrogens with zero attached hydrogens (tertiary/aromatic N) is 2. The fraction of sp³-hybridized carbons (Fsp3) is 0.250. The van der Waals surface area contributed by atoms with Crippen LogP contribution in [-0.2, 0) is 13.1 Å². The highest BCUT2D eigenvalue weighted by molar-refractivity contribution is 5.75. The summed E-state index contributed by atoms with van der Waals surface area (Å²) in [5, 5.41) is 2.63. The van der Waals surface area contributed by atoms with Crippen LogP contribution in [0, 0.1) is 0 Å². The van der Waals surface area contributed by atoms with E-state index in [-0.39, 0.29) is 0 Å². The lowest BCUT2D eigenvalue weighted by molar-refractivity contribution is -0.671. The summed E-state index contributed by atoms with van der Waals surface area (Å²) in [5.74, 6) is 0. The Morgan fingerprint density at radius 2 is 1.12 bits per heavy atom. The molecule has 2 nitrogen and oxygen atoms in total. The van der Waals surface area contributed by atoms with Gasteiger partial charge in [0.2, 0.25) is 11.0 Å². The van der Waals surface area contributed by atoms with E-state index in [1.165, 1.54) is 34.6 Å². The molecule has 2 heterocycles. The van der Waals surface area contributed by atoms with Crippen molar-refractivity contribution in [2.45, 2.75) is 39.8 Å². The van der Waals surface area contributed by atoms with Gasteiger partial charge in [-0.3, -0.25) is 0 Å². The van der Waals surface area contributed by atoms with E-state index in [0.717, 1.165) is 13.1 Å². The van der Waals surface area contributed by atoms with E-state index in [1.807, 2.05) is 0 Å². The SMILES string of the molecule is CCCC[n+]1cccc2ccccc21.CC[n+]1cccc2ccccc21. The third kappa shape index (κ3) is 4.26. The van der Waals surface area contributed by atoms with Gasteiger partial charge in [0.25, 0.3) is 0 Å². The first kappa shape index (κ1) is 18.1. The van der Waals surface area contributed by atoms with E-state index in [4.69, 9.17) is 0 Å². The van der Waals surface area contributed by atoms with Gasteiger partial charge in [-0.15, -0.1) is 0 Å². The van der Waals surface area contributed by atoms with Crippen molar-refractivity contribution in [2.75, 3.05) is 0 Å². The monoisotopic (exact) mass is 344 g/mol. The van der Waals surface area contributed by atoms with Gasteiger partial charge >= 0.3 is 0 Å². The van der Waals surface area contributed by atoms with Gasteiger partial charge in [-0.2, -0.15) is 9.13 Å². The Balaban J connectivity index is 0.000000152. The van der Waals surface area contributed by atoms with E-state index in [0.29, 0.717) is 0 Å². The second-order valence-electron chi connectivity index (χ2n) is 6.47. The van der Waals surface area contributed by atoms with Gasteiger partial charge in [0.05, 0.1) is 0 Å². The highest BCUT2D eigenvalue weighted by Gasteiger charge is 2.05. The number of hydrogen-bond donors (Lipinski definition) is 0. The lowest BCUT2D eigenvalue weighted by atomic mass is 10.2. The Hall–Kier alpha value is -2.74. The average Bonchev–Trinajstić information content (AvgIpc) is 2.72. The van der Waals surface area contributed by atoms with Gasteiger partial charge in [-0.1, -0.05) is 37.6 Å². The summed E-state index contributed by atoms with van der Waals surface area (Å²) in [6.07, 6.45) is 6.77. The molecule has 0 aliphatic carbocycles. The summed E-state index contributed by atoms with van der Waals surface area (Å²) in [6, 6.07) is 25.5. The Kier molecular flexibility index (Phi) is 6.32. The topological polar surface area (TPSA) is 7.76 Å². The molecular weight excluding hydrogens is 316 g/mol. The molecule has 0 unspecified atom stereocenters. The molecule has 2 aromatic carbocycles. The number of unbranched alkanes of at least 4 members (excludes halogenated alkanes) is 1. The molecule has 0 amide bonds. The summed E-state index contributed by atoms with van der Waals surface area (Å²) in [4.78, 5) is 0. The van der Waals surface area contributed by atoms with Crippen molar-refractivity contribution in [1.29, 1.82) is 0 Å². The van der Waals surface area contributed by atoms with Crippen LogP contribution in [-0.4, -0.2) is 0 Å². The molecule has 0 saturated heterocycles. The van der Waals surface area contributed by atoms with E-state index >= 15 is 0 Å². The van der Waals surface area contributed by atoms with Crippen LogP contribution in [0.25, 0.3) is 21.8 Å². The number of rotatable bonds is 4. The molecule has 0 radical (unpaired) electrons. The van der Waals surface area contributed by atoms with Crippen molar-refractivity contribution in [3.05, 3.63) is 85.2 Å². The van der Waals surface area contributed by atoms with Crippen molar-refractivity contribution in [2.24, 2.45) is 0 Å². The highest BCUT2D eigenvalue weighted by Crippen LogP contribution is 2.08. The summed E-state index contributed by atoms with van der Waals surface area (Å²) in [6.45, 7) is 6.54. The van der Waals surface area contributed by atoms with Crippen LogP contribution in [0.2, 0.25) is 0 Å². The van der Waals surface area contributed by atoms with Gasteiger partial charge < -0.3 is 0 Å². The van der Waals surface area contributed by atoms with Crippen molar-refractivity contribution < 1.29 is 9.13 Å². The van der Waals surface area contributed by atoms with Crippen molar-refractivity contribution in [1.82, 2.24) is 0 Å². The first-order valence-corrected chi connectivity index (χ1v) is 9.58. The van der Waals surface area contributed by atoms with E-state index in [9.17, 15) is 0 Å². The molecule has 26 heavy (non-hydrogen) atoms. The molecule has 0 fully saturated rings. The molecule has 0 aliphatic rings. The van der Waals surface area contributed by atoms with Gasteiger partial charge in [0.15, 0.2) is 12.4 Å². The average molecular weight is 345 g/mol. The Morgan fingerprint density at radius 1 is 0.615 bits per heavy atom.